The molecule has 1 aromatic heterocycles. The summed E-state index contributed by atoms with van der Waals surface area (Å²) < 4.78 is 1.39. The number of para-hydroxylation sites is 1. The van der Waals surface area contributed by atoms with Gasteiger partial charge in [-0.25, -0.2) is 0 Å². The second-order valence-corrected chi connectivity index (χ2v) is 5.42. The Balaban J connectivity index is 1.68. The maximum atomic E-state index is 3.39. The Kier molecular flexibility index (Phi) is 4.11. The van der Waals surface area contributed by atoms with Crippen molar-refractivity contribution in [2.24, 2.45) is 0 Å². The molecule has 0 aliphatic heterocycles. The van der Waals surface area contributed by atoms with Gasteiger partial charge in [0.2, 0.25) is 0 Å². The highest BCUT2D eigenvalue weighted by atomic mass is 32.2. The molecule has 0 radical (unpaired) electrons. The van der Waals surface area contributed by atoms with E-state index in [0.717, 1.165) is 12.3 Å². The van der Waals surface area contributed by atoms with Crippen LogP contribution in [0.4, 0.5) is 5.69 Å². The van der Waals surface area contributed by atoms with Gasteiger partial charge in [-0.2, -0.15) is 0 Å². The van der Waals surface area contributed by atoms with Gasteiger partial charge in [-0.3, -0.25) is 0 Å². The summed E-state index contributed by atoms with van der Waals surface area (Å²) in [5, 5.41) is 5.51. The minimum absolute atomic E-state index is 1.01. The van der Waals surface area contributed by atoms with Crippen molar-refractivity contribution in [3.05, 3.63) is 47.8 Å². The molecule has 2 rings (SSSR count). The highest BCUT2D eigenvalue weighted by Gasteiger charge is 1.94. The van der Waals surface area contributed by atoms with Gasteiger partial charge in [-0.1, -0.05) is 24.3 Å². The second kappa shape index (κ2) is 5.83. The van der Waals surface area contributed by atoms with Crippen LogP contribution in [0.25, 0.3) is 0 Å². The Hall–Kier alpha value is -0.930. The van der Waals surface area contributed by atoms with E-state index in [-0.39, 0.29) is 0 Å². The smallest absolute Gasteiger partial charge is 0.0599 e. The SMILES string of the molecule is c1ccc(NCCSc2cccs2)cc1. The van der Waals surface area contributed by atoms with Crippen molar-refractivity contribution in [2.45, 2.75) is 4.21 Å². The van der Waals surface area contributed by atoms with Gasteiger partial charge < -0.3 is 5.32 Å². The summed E-state index contributed by atoms with van der Waals surface area (Å²) in [6, 6.07) is 14.6. The van der Waals surface area contributed by atoms with E-state index in [0.29, 0.717) is 0 Å². The van der Waals surface area contributed by atoms with Crippen LogP contribution in [0.15, 0.2) is 52.1 Å². The number of nitrogens with one attached hydrogen (secondary N) is 1. The van der Waals surface area contributed by atoms with E-state index in [1.54, 1.807) is 11.3 Å². The Bertz CT molecular complexity index is 370. The third-order valence-corrected chi connectivity index (χ3v) is 4.08. The lowest BCUT2D eigenvalue weighted by Crippen LogP contribution is -2.03. The first-order valence-corrected chi connectivity index (χ1v) is 6.77. The molecule has 2 aromatic rings. The van der Waals surface area contributed by atoms with Gasteiger partial charge in [0.05, 0.1) is 4.21 Å². The first-order chi connectivity index (χ1) is 7.45. The standard InChI is InChI=1S/C12H13NS2/c1-2-5-11(6-3-1)13-8-10-15-12-7-4-9-14-12/h1-7,9,13H,8,10H2. The average molecular weight is 235 g/mol. The summed E-state index contributed by atoms with van der Waals surface area (Å²) in [4.78, 5) is 0. The van der Waals surface area contributed by atoms with Gasteiger partial charge in [0.1, 0.15) is 0 Å². The molecule has 0 unspecified atom stereocenters. The van der Waals surface area contributed by atoms with Gasteiger partial charge in [0.25, 0.3) is 0 Å². The molecule has 1 N–H and O–H groups in total. The van der Waals surface area contributed by atoms with E-state index in [9.17, 15) is 0 Å². The summed E-state index contributed by atoms with van der Waals surface area (Å²) in [6.07, 6.45) is 0. The largest absolute Gasteiger partial charge is 0.384 e. The number of rotatable bonds is 5. The average Bonchev–Trinajstić information content (AvgIpc) is 2.79. The number of thioether (sulfide) groups is 1. The van der Waals surface area contributed by atoms with E-state index < -0.39 is 0 Å². The summed E-state index contributed by atoms with van der Waals surface area (Å²) in [5.74, 6) is 1.11. The highest BCUT2D eigenvalue weighted by molar-refractivity contribution is 8.01. The lowest BCUT2D eigenvalue weighted by molar-refractivity contribution is 1.23. The molecule has 3 heteroatoms. The monoisotopic (exact) mass is 235 g/mol. The van der Waals surface area contributed by atoms with Crippen LogP contribution in [0.5, 0.6) is 0 Å². The van der Waals surface area contributed by atoms with Crippen LogP contribution >= 0.6 is 23.1 Å². The van der Waals surface area contributed by atoms with Crippen LogP contribution in [-0.2, 0) is 0 Å². The van der Waals surface area contributed by atoms with Gasteiger partial charge in [0, 0.05) is 18.0 Å². The zero-order chi connectivity index (χ0) is 10.3. The van der Waals surface area contributed by atoms with E-state index >= 15 is 0 Å². The molecule has 0 spiro atoms. The molecule has 1 heterocycles. The minimum atomic E-state index is 1.01. The summed E-state index contributed by atoms with van der Waals surface area (Å²) in [7, 11) is 0. The molecule has 0 amide bonds. The molecule has 0 bridgehead atoms. The van der Waals surface area contributed by atoms with Crippen LogP contribution in [-0.4, -0.2) is 12.3 Å². The molecule has 15 heavy (non-hydrogen) atoms. The van der Waals surface area contributed by atoms with E-state index in [4.69, 9.17) is 0 Å². The van der Waals surface area contributed by atoms with Crippen molar-refractivity contribution in [1.29, 1.82) is 0 Å². The van der Waals surface area contributed by atoms with E-state index in [1.807, 2.05) is 17.8 Å². The normalized spacial score (nSPS) is 10.1. The fourth-order valence-corrected chi connectivity index (χ4v) is 2.97. The van der Waals surface area contributed by atoms with Gasteiger partial charge in [-0.05, 0) is 23.6 Å². The quantitative estimate of drug-likeness (QED) is 0.622. The number of benzene rings is 1. The summed E-state index contributed by atoms with van der Waals surface area (Å²) in [6.45, 7) is 1.01. The zero-order valence-electron chi connectivity index (χ0n) is 8.35. The van der Waals surface area contributed by atoms with E-state index in [1.165, 1.54) is 9.90 Å². The molecule has 0 aliphatic carbocycles. The van der Waals surface area contributed by atoms with Crippen molar-refractivity contribution in [1.82, 2.24) is 0 Å². The summed E-state index contributed by atoms with van der Waals surface area (Å²) in [5.41, 5.74) is 1.20. The van der Waals surface area contributed by atoms with Crippen LogP contribution in [0, 0.1) is 0 Å². The zero-order valence-corrected chi connectivity index (χ0v) is 9.98. The second-order valence-electron chi connectivity index (χ2n) is 3.07. The van der Waals surface area contributed by atoms with Crippen LogP contribution in [0.3, 0.4) is 0 Å². The van der Waals surface area contributed by atoms with Crippen LogP contribution < -0.4 is 5.32 Å². The highest BCUT2D eigenvalue weighted by Crippen LogP contribution is 2.22. The van der Waals surface area contributed by atoms with Crippen LogP contribution in [0.2, 0.25) is 0 Å². The molecular formula is C12H13NS2. The molecule has 1 aromatic carbocycles. The molecule has 0 atom stereocenters. The number of thiophene rings is 1. The summed E-state index contributed by atoms with van der Waals surface area (Å²) >= 11 is 3.71. The lowest BCUT2D eigenvalue weighted by atomic mass is 10.3. The molecule has 0 saturated carbocycles. The lowest BCUT2D eigenvalue weighted by Gasteiger charge is -2.04. The predicted molar refractivity (Wildman–Crippen MR) is 70.0 cm³/mol. The van der Waals surface area contributed by atoms with Crippen LogP contribution in [0.1, 0.15) is 0 Å². The van der Waals surface area contributed by atoms with Crippen molar-refractivity contribution >= 4 is 28.8 Å². The minimum Gasteiger partial charge on any atom is -0.384 e. The maximum Gasteiger partial charge on any atom is 0.0599 e. The Morgan fingerprint density at radius 2 is 1.93 bits per heavy atom. The molecule has 0 saturated heterocycles. The van der Waals surface area contributed by atoms with Gasteiger partial charge >= 0.3 is 0 Å². The Morgan fingerprint density at radius 1 is 1.07 bits per heavy atom. The maximum absolute atomic E-state index is 3.39. The predicted octanol–water partition coefficient (Wildman–Crippen LogP) is 3.95. The van der Waals surface area contributed by atoms with Crippen molar-refractivity contribution in [2.75, 3.05) is 17.6 Å². The first-order valence-electron chi connectivity index (χ1n) is 4.90. The van der Waals surface area contributed by atoms with Gasteiger partial charge in [-0.15, -0.1) is 23.1 Å². The van der Waals surface area contributed by atoms with E-state index in [2.05, 4.69) is 47.1 Å². The third kappa shape index (κ3) is 3.61. The third-order valence-electron chi connectivity index (χ3n) is 1.94. The van der Waals surface area contributed by atoms with Gasteiger partial charge in [0.15, 0.2) is 0 Å². The molecule has 0 aliphatic rings. The number of hydrogen-bond acceptors (Lipinski definition) is 3. The fraction of sp³-hybridized carbons (Fsp3) is 0.167. The molecular weight excluding hydrogens is 222 g/mol. The number of anilines is 1. The Labute approximate surface area is 98.5 Å². The fourth-order valence-electron chi connectivity index (χ4n) is 1.25. The molecule has 1 nitrogen and oxygen atoms in total. The molecule has 78 valence electrons. The van der Waals surface area contributed by atoms with Crippen molar-refractivity contribution < 1.29 is 0 Å². The molecule has 0 fully saturated rings. The number of hydrogen-bond donors (Lipinski definition) is 1. The Morgan fingerprint density at radius 3 is 2.67 bits per heavy atom. The van der Waals surface area contributed by atoms with Crippen molar-refractivity contribution in [3.63, 3.8) is 0 Å². The first kappa shape index (κ1) is 10.6. The topological polar surface area (TPSA) is 12.0 Å². The van der Waals surface area contributed by atoms with Crippen molar-refractivity contribution in [3.8, 4) is 0 Å².